The van der Waals surface area contributed by atoms with Crippen LogP contribution < -0.4 is 0 Å². The molecule has 0 aromatic carbocycles. The van der Waals surface area contributed by atoms with Crippen LogP contribution in [0.25, 0.3) is 0 Å². The zero-order chi connectivity index (χ0) is 8.23. The Bertz CT molecular complexity index is 159. The summed E-state index contributed by atoms with van der Waals surface area (Å²) in [5, 5.41) is 0. The second kappa shape index (κ2) is 4.06. The summed E-state index contributed by atoms with van der Waals surface area (Å²) in [7, 11) is 0. The van der Waals surface area contributed by atoms with Gasteiger partial charge in [-0.05, 0) is 25.7 Å². The van der Waals surface area contributed by atoms with Crippen molar-refractivity contribution in [3.63, 3.8) is 0 Å². The van der Waals surface area contributed by atoms with Gasteiger partial charge in [0.15, 0.2) is 6.29 Å². The minimum absolute atomic E-state index is 0.0868. The number of rotatable bonds is 1. The molecular formula is C10H16O2. The van der Waals surface area contributed by atoms with Gasteiger partial charge in [-0.2, -0.15) is 0 Å². The fraction of sp³-hybridized carbons (Fsp3) is 0.800. The molecule has 0 aromatic rings. The molecule has 2 aliphatic rings. The third kappa shape index (κ3) is 1.87. The molecule has 0 N–H and O–H groups in total. The van der Waals surface area contributed by atoms with Crippen LogP contribution >= 0.6 is 0 Å². The van der Waals surface area contributed by atoms with Gasteiger partial charge in [-0.3, -0.25) is 0 Å². The van der Waals surface area contributed by atoms with E-state index in [1.54, 1.807) is 0 Å². The molecule has 1 saturated heterocycles. The molecule has 0 aromatic heterocycles. The van der Waals surface area contributed by atoms with Crippen LogP contribution in [0.3, 0.4) is 0 Å². The minimum atomic E-state index is 0.0868. The van der Waals surface area contributed by atoms with Crippen LogP contribution in [-0.2, 0) is 9.47 Å². The largest absolute Gasteiger partial charge is 0.352 e. The Morgan fingerprint density at radius 2 is 1.92 bits per heavy atom. The second-order valence-electron chi connectivity index (χ2n) is 3.51. The van der Waals surface area contributed by atoms with Gasteiger partial charge in [0.05, 0.1) is 13.2 Å². The summed E-state index contributed by atoms with van der Waals surface area (Å²) >= 11 is 0. The van der Waals surface area contributed by atoms with Crippen molar-refractivity contribution < 1.29 is 9.47 Å². The highest BCUT2D eigenvalue weighted by atomic mass is 16.7. The quantitative estimate of drug-likeness (QED) is 0.558. The van der Waals surface area contributed by atoms with Crippen LogP contribution in [0.15, 0.2) is 12.2 Å². The first-order valence-corrected chi connectivity index (χ1v) is 4.85. The van der Waals surface area contributed by atoms with Gasteiger partial charge in [0.2, 0.25) is 0 Å². The molecule has 1 fully saturated rings. The van der Waals surface area contributed by atoms with Gasteiger partial charge in [0, 0.05) is 5.92 Å². The molecule has 1 aliphatic carbocycles. The Kier molecular flexibility index (Phi) is 2.79. The van der Waals surface area contributed by atoms with Crippen LogP contribution in [0.5, 0.6) is 0 Å². The predicted molar refractivity (Wildman–Crippen MR) is 46.8 cm³/mol. The van der Waals surface area contributed by atoms with Crippen molar-refractivity contribution in [3.8, 4) is 0 Å². The fourth-order valence-electron chi connectivity index (χ4n) is 1.84. The van der Waals surface area contributed by atoms with Crippen LogP contribution in [0.1, 0.15) is 25.7 Å². The Hall–Kier alpha value is -0.340. The standard InChI is InChI=1S/C10H16O2/c1-2-5-9(6-3-1)10-11-7-4-8-12-10/h1-2,9-10H,3-8H2/t9-/m1/s1. The summed E-state index contributed by atoms with van der Waals surface area (Å²) < 4.78 is 11.1. The Labute approximate surface area is 73.5 Å². The first kappa shape index (κ1) is 8.27. The van der Waals surface area contributed by atoms with Gasteiger partial charge in [-0.25, -0.2) is 0 Å². The molecular weight excluding hydrogens is 152 g/mol. The molecule has 1 aliphatic heterocycles. The molecule has 68 valence electrons. The molecule has 0 saturated carbocycles. The van der Waals surface area contributed by atoms with E-state index in [4.69, 9.17) is 9.47 Å². The number of allylic oxidation sites excluding steroid dienone is 2. The van der Waals surface area contributed by atoms with E-state index in [0.29, 0.717) is 5.92 Å². The van der Waals surface area contributed by atoms with Crippen molar-refractivity contribution in [1.82, 2.24) is 0 Å². The third-order valence-electron chi connectivity index (χ3n) is 2.55. The highest BCUT2D eigenvalue weighted by Gasteiger charge is 2.24. The summed E-state index contributed by atoms with van der Waals surface area (Å²) in [6.07, 6.45) is 9.18. The van der Waals surface area contributed by atoms with E-state index < -0.39 is 0 Å². The van der Waals surface area contributed by atoms with E-state index in [2.05, 4.69) is 12.2 Å². The van der Waals surface area contributed by atoms with Gasteiger partial charge in [-0.1, -0.05) is 12.2 Å². The summed E-state index contributed by atoms with van der Waals surface area (Å²) in [5.74, 6) is 0.607. The SMILES string of the molecule is C1=CC[C@@H](C2OCCCO2)CC1. The van der Waals surface area contributed by atoms with Crippen molar-refractivity contribution in [2.24, 2.45) is 5.92 Å². The maximum absolute atomic E-state index is 5.56. The second-order valence-corrected chi connectivity index (χ2v) is 3.51. The smallest absolute Gasteiger partial charge is 0.160 e. The molecule has 1 heterocycles. The lowest BCUT2D eigenvalue weighted by Crippen LogP contribution is -2.32. The molecule has 0 unspecified atom stereocenters. The van der Waals surface area contributed by atoms with Crippen LogP contribution in [0.2, 0.25) is 0 Å². The molecule has 0 radical (unpaired) electrons. The highest BCUT2D eigenvalue weighted by Crippen LogP contribution is 2.26. The topological polar surface area (TPSA) is 18.5 Å². The molecule has 0 bridgehead atoms. The zero-order valence-electron chi connectivity index (χ0n) is 7.37. The average molecular weight is 168 g/mol. The van der Waals surface area contributed by atoms with Gasteiger partial charge in [0.25, 0.3) is 0 Å². The van der Waals surface area contributed by atoms with Gasteiger partial charge < -0.3 is 9.47 Å². The third-order valence-corrected chi connectivity index (χ3v) is 2.55. The van der Waals surface area contributed by atoms with E-state index in [-0.39, 0.29) is 6.29 Å². The molecule has 1 atom stereocenters. The summed E-state index contributed by atoms with van der Waals surface area (Å²) in [6.45, 7) is 1.76. The highest BCUT2D eigenvalue weighted by molar-refractivity contribution is 4.91. The fourth-order valence-corrected chi connectivity index (χ4v) is 1.84. The molecule has 2 heteroatoms. The van der Waals surface area contributed by atoms with E-state index in [9.17, 15) is 0 Å². The summed E-state index contributed by atoms with van der Waals surface area (Å²) in [5.41, 5.74) is 0. The van der Waals surface area contributed by atoms with Gasteiger partial charge in [-0.15, -0.1) is 0 Å². The molecule has 12 heavy (non-hydrogen) atoms. The van der Waals surface area contributed by atoms with E-state index in [0.717, 1.165) is 26.1 Å². The van der Waals surface area contributed by atoms with Crippen molar-refractivity contribution in [2.75, 3.05) is 13.2 Å². The Balaban J connectivity index is 1.85. The minimum Gasteiger partial charge on any atom is -0.352 e. The molecule has 0 spiro atoms. The first-order chi connectivity index (χ1) is 5.97. The van der Waals surface area contributed by atoms with E-state index >= 15 is 0 Å². The monoisotopic (exact) mass is 168 g/mol. The summed E-state index contributed by atoms with van der Waals surface area (Å²) in [4.78, 5) is 0. The average Bonchev–Trinajstić information content (AvgIpc) is 2.21. The molecule has 2 nitrogen and oxygen atoms in total. The zero-order valence-corrected chi connectivity index (χ0v) is 7.37. The van der Waals surface area contributed by atoms with Gasteiger partial charge >= 0.3 is 0 Å². The lowest BCUT2D eigenvalue weighted by atomic mass is 9.93. The van der Waals surface area contributed by atoms with Crippen LogP contribution in [0.4, 0.5) is 0 Å². The van der Waals surface area contributed by atoms with Crippen molar-refractivity contribution in [3.05, 3.63) is 12.2 Å². The normalized spacial score (nSPS) is 32.2. The van der Waals surface area contributed by atoms with Gasteiger partial charge in [0.1, 0.15) is 0 Å². The number of hydrogen-bond donors (Lipinski definition) is 0. The van der Waals surface area contributed by atoms with E-state index in [1.165, 1.54) is 12.8 Å². The van der Waals surface area contributed by atoms with Crippen molar-refractivity contribution in [1.29, 1.82) is 0 Å². The Morgan fingerprint density at radius 1 is 1.08 bits per heavy atom. The van der Waals surface area contributed by atoms with Crippen LogP contribution in [0, 0.1) is 5.92 Å². The maximum atomic E-state index is 5.56. The van der Waals surface area contributed by atoms with Crippen LogP contribution in [-0.4, -0.2) is 19.5 Å². The van der Waals surface area contributed by atoms with Crippen molar-refractivity contribution >= 4 is 0 Å². The van der Waals surface area contributed by atoms with E-state index in [1.807, 2.05) is 0 Å². The number of hydrogen-bond acceptors (Lipinski definition) is 2. The molecule has 2 rings (SSSR count). The molecule has 0 amide bonds. The predicted octanol–water partition coefficient (Wildman–Crippen LogP) is 2.11. The van der Waals surface area contributed by atoms with Crippen molar-refractivity contribution in [2.45, 2.75) is 32.0 Å². The maximum Gasteiger partial charge on any atom is 0.160 e. The first-order valence-electron chi connectivity index (χ1n) is 4.85. The lowest BCUT2D eigenvalue weighted by Gasteiger charge is -2.31. The number of ether oxygens (including phenoxy) is 2. The lowest BCUT2D eigenvalue weighted by molar-refractivity contribution is -0.205. The summed E-state index contributed by atoms with van der Waals surface area (Å²) in [6, 6.07) is 0. The Morgan fingerprint density at radius 3 is 2.58 bits per heavy atom.